The van der Waals surface area contributed by atoms with E-state index in [2.05, 4.69) is 5.32 Å². The molecular weight excluding hydrogens is 430 g/mol. The molecule has 8 heteroatoms. The maximum Gasteiger partial charge on any atom is 0.409 e. The predicted molar refractivity (Wildman–Crippen MR) is 124 cm³/mol. The highest BCUT2D eigenvalue weighted by atomic mass is 35.5. The molecule has 2 N–H and O–H groups in total. The number of ether oxygens (including phenoxy) is 2. The Bertz CT molecular complexity index is 1000. The minimum absolute atomic E-state index is 0.129. The normalized spacial score (nSPS) is 20.0. The molecule has 0 radical (unpaired) electrons. The number of likely N-dealkylation sites (tertiary alicyclic amines) is 1. The Morgan fingerprint density at radius 3 is 2.62 bits per heavy atom. The number of hydrogen-bond acceptors (Lipinski definition) is 6. The number of amides is 1. The molecule has 2 heterocycles. The molecule has 0 aliphatic carbocycles. The largest absolute Gasteiger partial charge is 0.504 e. The summed E-state index contributed by atoms with van der Waals surface area (Å²) in [6, 6.07) is 13.0. The molecule has 170 valence electrons. The first-order valence-corrected chi connectivity index (χ1v) is 11.2. The van der Waals surface area contributed by atoms with Gasteiger partial charge in [0.05, 0.1) is 13.7 Å². The zero-order valence-corrected chi connectivity index (χ0v) is 19.1. The molecule has 2 aliphatic rings. The molecule has 2 aliphatic heterocycles. The Hall–Kier alpha value is -2.77. The third-order valence-electron chi connectivity index (χ3n) is 6.11. The Morgan fingerprint density at radius 1 is 1.25 bits per heavy atom. The molecule has 2 aromatic carbocycles. The van der Waals surface area contributed by atoms with Gasteiger partial charge in [-0.15, -0.1) is 0 Å². The third kappa shape index (κ3) is 4.54. The van der Waals surface area contributed by atoms with Crippen molar-refractivity contribution in [3.05, 3.63) is 58.6 Å². The van der Waals surface area contributed by atoms with Crippen LogP contribution in [0.25, 0.3) is 0 Å². The summed E-state index contributed by atoms with van der Waals surface area (Å²) in [5.74, 6) is 0.565. The summed E-state index contributed by atoms with van der Waals surface area (Å²) in [5.41, 5.74) is 2.15. The van der Waals surface area contributed by atoms with Crippen LogP contribution in [0, 0.1) is 0 Å². The van der Waals surface area contributed by atoms with Crippen LogP contribution in [-0.2, 0) is 4.74 Å². The smallest absolute Gasteiger partial charge is 0.409 e. The lowest BCUT2D eigenvalue weighted by molar-refractivity contribution is 0.0778. The van der Waals surface area contributed by atoms with Crippen LogP contribution in [0.5, 0.6) is 11.5 Å². The molecular formula is C24H28ClN3O4. The van der Waals surface area contributed by atoms with Crippen LogP contribution in [0.15, 0.2) is 47.5 Å². The number of rotatable bonds is 4. The van der Waals surface area contributed by atoms with Gasteiger partial charge in [0.2, 0.25) is 0 Å². The van der Waals surface area contributed by atoms with Gasteiger partial charge >= 0.3 is 6.09 Å². The number of phenolic OH excluding ortho intramolecular Hbond substituents is 1. The zero-order valence-electron chi connectivity index (χ0n) is 18.3. The van der Waals surface area contributed by atoms with Crippen LogP contribution in [0.1, 0.15) is 43.4 Å². The van der Waals surface area contributed by atoms with Crippen molar-refractivity contribution in [2.45, 2.75) is 37.9 Å². The number of phenols is 1. The molecule has 0 bridgehead atoms. The molecule has 2 aromatic rings. The quantitative estimate of drug-likeness (QED) is 0.704. The summed E-state index contributed by atoms with van der Waals surface area (Å²) in [5, 5.41) is 15.1. The van der Waals surface area contributed by atoms with Gasteiger partial charge in [-0.1, -0.05) is 35.9 Å². The third-order valence-corrected chi connectivity index (χ3v) is 6.36. The maximum atomic E-state index is 12.2. The van der Waals surface area contributed by atoms with E-state index in [-0.39, 0.29) is 17.9 Å². The van der Waals surface area contributed by atoms with Crippen molar-refractivity contribution in [2.24, 2.45) is 4.99 Å². The van der Waals surface area contributed by atoms with Crippen LogP contribution >= 0.6 is 11.6 Å². The predicted octanol–water partition coefficient (Wildman–Crippen LogP) is 4.53. The Labute approximate surface area is 193 Å². The highest BCUT2D eigenvalue weighted by Crippen LogP contribution is 2.40. The van der Waals surface area contributed by atoms with Gasteiger partial charge in [-0.25, -0.2) is 4.79 Å². The number of carbonyl (C=O) groups excluding carboxylic acids is 1. The number of aliphatic imine (C=N–C) groups is 1. The van der Waals surface area contributed by atoms with Gasteiger partial charge in [0, 0.05) is 54.7 Å². The van der Waals surface area contributed by atoms with Crippen molar-refractivity contribution < 1.29 is 19.4 Å². The number of methoxy groups -OCH3 is 1. The lowest BCUT2D eigenvalue weighted by Crippen LogP contribution is -2.56. The van der Waals surface area contributed by atoms with E-state index in [9.17, 15) is 9.90 Å². The topological polar surface area (TPSA) is 83.4 Å². The molecule has 1 amide bonds. The molecule has 0 aromatic heterocycles. The van der Waals surface area contributed by atoms with E-state index in [4.69, 9.17) is 26.1 Å². The Kier molecular flexibility index (Phi) is 6.58. The van der Waals surface area contributed by atoms with Crippen molar-refractivity contribution in [3.8, 4) is 11.5 Å². The first kappa shape index (κ1) is 22.4. The summed E-state index contributed by atoms with van der Waals surface area (Å²) in [7, 11) is 1.54. The second kappa shape index (κ2) is 9.38. The van der Waals surface area contributed by atoms with Crippen LogP contribution < -0.4 is 10.1 Å². The lowest BCUT2D eigenvalue weighted by atomic mass is 9.87. The van der Waals surface area contributed by atoms with Crippen molar-refractivity contribution in [3.63, 3.8) is 0 Å². The average Bonchev–Trinajstić information content (AvgIpc) is 2.80. The van der Waals surface area contributed by atoms with Gasteiger partial charge in [0.15, 0.2) is 11.5 Å². The van der Waals surface area contributed by atoms with E-state index >= 15 is 0 Å². The summed E-state index contributed by atoms with van der Waals surface area (Å²) >= 11 is 6.09. The van der Waals surface area contributed by atoms with Gasteiger partial charge in [-0.3, -0.25) is 10.3 Å². The molecule has 4 rings (SSSR count). The van der Waals surface area contributed by atoms with Crippen molar-refractivity contribution in [2.75, 3.05) is 26.8 Å². The number of nitrogens with one attached hydrogen (secondary N) is 1. The highest BCUT2D eigenvalue weighted by Gasteiger charge is 2.41. The fourth-order valence-electron chi connectivity index (χ4n) is 4.43. The van der Waals surface area contributed by atoms with Crippen molar-refractivity contribution >= 4 is 23.4 Å². The standard InChI is InChI=1S/C24H28ClN3O4/c1-3-32-23(30)28-13-11-24(12-14-28)26-19(16-7-9-17(25)10-8-16)15-20(27-24)18-5-4-6-21(31-2)22(18)29/h4-10,20,27,29H,3,11-15H2,1-2H3/t20-/m1/s1. The summed E-state index contributed by atoms with van der Waals surface area (Å²) in [4.78, 5) is 19.0. The number of hydrogen-bond donors (Lipinski definition) is 2. The summed E-state index contributed by atoms with van der Waals surface area (Å²) in [6.07, 6.45) is 1.60. The molecule has 1 spiro atoms. The minimum Gasteiger partial charge on any atom is -0.504 e. The molecule has 7 nitrogen and oxygen atoms in total. The number of benzene rings is 2. The van der Waals surface area contributed by atoms with Crippen molar-refractivity contribution in [1.29, 1.82) is 0 Å². The van der Waals surface area contributed by atoms with Gasteiger partial charge in [-0.2, -0.15) is 0 Å². The zero-order chi connectivity index (χ0) is 22.7. The molecule has 1 saturated heterocycles. The second-order valence-electron chi connectivity index (χ2n) is 8.08. The minimum atomic E-state index is -0.545. The number of piperidine rings is 1. The number of aromatic hydroxyl groups is 1. The van der Waals surface area contributed by atoms with E-state index in [1.165, 1.54) is 0 Å². The Balaban J connectivity index is 1.67. The Morgan fingerprint density at radius 2 is 1.97 bits per heavy atom. The van der Waals surface area contributed by atoms with Gasteiger partial charge < -0.3 is 19.5 Å². The molecule has 1 fully saturated rings. The first-order chi connectivity index (χ1) is 15.4. The van der Waals surface area contributed by atoms with Crippen LogP contribution in [0.3, 0.4) is 0 Å². The molecule has 0 saturated carbocycles. The van der Waals surface area contributed by atoms with Crippen molar-refractivity contribution in [1.82, 2.24) is 10.2 Å². The number of carbonyl (C=O) groups is 1. The lowest BCUT2D eigenvalue weighted by Gasteiger charge is -2.45. The van der Waals surface area contributed by atoms with Gasteiger partial charge in [0.1, 0.15) is 5.66 Å². The molecule has 32 heavy (non-hydrogen) atoms. The number of para-hydroxylation sites is 1. The van der Waals surface area contributed by atoms with Crippen LogP contribution in [-0.4, -0.2) is 54.3 Å². The van der Waals surface area contributed by atoms with E-state index in [0.717, 1.165) is 16.8 Å². The van der Waals surface area contributed by atoms with Crippen LogP contribution in [0.2, 0.25) is 5.02 Å². The monoisotopic (exact) mass is 457 g/mol. The van der Waals surface area contributed by atoms with E-state index in [0.29, 0.717) is 49.7 Å². The summed E-state index contributed by atoms with van der Waals surface area (Å²) in [6.45, 7) is 3.24. The fraction of sp³-hybridized carbons (Fsp3) is 0.417. The summed E-state index contributed by atoms with van der Waals surface area (Å²) < 4.78 is 10.5. The molecule has 1 atom stereocenters. The van der Waals surface area contributed by atoms with E-state index in [1.807, 2.05) is 36.4 Å². The first-order valence-electron chi connectivity index (χ1n) is 10.8. The average molecular weight is 458 g/mol. The highest BCUT2D eigenvalue weighted by molar-refractivity contribution is 6.30. The second-order valence-corrected chi connectivity index (χ2v) is 8.52. The number of nitrogens with zero attached hydrogens (tertiary/aromatic N) is 2. The number of halogens is 1. The van der Waals surface area contributed by atoms with E-state index < -0.39 is 5.66 Å². The van der Waals surface area contributed by atoms with Crippen LogP contribution in [0.4, 0.5) is 4.79 Å². The maximum absolute atomic E-state index is 12.2. The molecule has 0 unspecified atom stereocenters. The van der Waals surface area contributed by atoms with E-state index in [1.54, 1.807) is 25.0 Å². The van der Waals surface area contributed by atoms with Gasteiger partial charge in [-0.05, 0) is 30.7 Å². The van der Waals surface area contributed by atoms with Gasteiger partial charge in [0.25, 0.3) is 0 Å². The fourth-order valence-corrected chi connectivity index (χ4v) is 4.56. The SMILES string of the molecule is CCOC(=O)N1CCC2(CC1)N=C(c1ccc(Cl)cc1)C[C@H](c1cccc(OC)c1O)N2.